The Labute approximate surface area is 98.7 Å². The van der Waals surface area contributed by atoms with Crippen molar-refractivity contribution in [2.75, 3.05) is 0 Å². The molecule has 0 aliphatic heterocycles. The zero-order valence-electron chi connectivity index (χ0n) is 8.88. The average Bonchev–Trinajstić information content (AvgIpc) is 2.33. The van der Waals surface area contributed by atoms with Crippen molar-refractivity contribution in [2.45, 2.75) is 11.8 Å². The molecule has 2 nitrogen and oxygen atoms in total. The van der Waals surface area contributed by atoms with Crippen LogP contribution in [0.4, 0.5) is 0 Å². The first-order valence-corrected chi connectivity index (χ1v) is 5.77. The minimum Gasteiger partial charge on any atom is -0.279 e. The first-order valence-electron chi connectivity index (χ1n) is 4.95. The van der Waals surface area contributed by atoms with Crippen molar-refractivity contribution in [3.8, 4) is 0 Å². The fourth-order valence-electron chi connectivity index (χ4n) is 1.25. The van der Waals surface area contributed by atoms with Gasteiger partial charge in [-0.25, -0.2) is 0 Å². The number of thioether (sulfide) groups is 1. The van der Waals surface area contributed by atoms with Crippen LogP contribution >= 0.6 is 11.8 Å². The van der Waals surface area contributed by atoms with Gasteiger partial charge in [-0.15, -0.1) is 0 Å². The van der Waals surface area contributed by atoms with Crippen molar-refractivity contribution in [1.29, 1.82) is 0 Å². The fourth-order valence-corrected chi connectivity index (χ4v) is 1.96. The molecule has 0 aliphatic carbocycles. The van der Waals surface area contributed by atoms with Gasteiger partial charge >= 0.3 is 0 Å². The Morgan fingerprint density at radius 3 is 2.50 bits per heavy atom. The summed E-state index contributed by atoms with van der Waals surface area (Å²) < 4.78 is 0. The summed E-state index contributed by atoms with van der Waals surface area (Å²) in [5.41, 5.74) is 1.68. The first kappa shape index (κ1) is 10.9. The van der Waals surface area contributed by atoms with Gasteiger partial charge < -0.3 is 0 Å². The van der Waals surface area contributed by atoms with Gasteiger partial charge in [0.1, 0.15) is 5.69 Å². The van der Waals surface area contributed by atoms with E-state index in [4.69, 9.17) is 0 Å². The smallest absolute Gasteiger partial charge is 0.242 e. The second-order valence-electron chi connectivity index (χ2n) is 3.42. The van der Waals surface area contributed by atoms with Gasteiger partial charge in [0.2, 0.25) is 5.12 Å². The van der Waals surface area contributed by atoms with E-state index >= 15 is 0 Å². The number of carbonyl (C=O) groups excluding carboxylic acids is 1. The van der Waals surface area contributed by atoms with Gasteiger partial charge in [-0.05, 0) is 43.0 Å². The third-order valence-corrected chi connectivity index (χ3v) is 3.01. The molecule has 0 saturated heterocycles. The highest BCUT2D eigenvalue weighted by Gasteiger charge is 2.08. The van der Waals surface area contributed by atoms with Crippen LogP contribution in [0.2, 0.25) is 0 Å². The number of nitrogens with zero attached hydrogens (tertiary/aromatic N) is 1. The summed E-state index contributed by atoms with van der Waals surface area (Å²) in [6.45, 7) is 2.02. The third-order valence-electron chi connectivity index (χ3n) is 2.11. The number of hydrogen-bond acceptors (Lipinski definition) is 3. The van der Waals surface area contributed by atoms with Crippen LogP contribution in [0.15, 0.2) is 53.6 Å². The largest absolute Gasteiger partial charge is 0.279 e. The van der Waals surface area contributed by atoms with Crippen LogP contribution in [-0.2, 0) is 0 Å². The SMILES string of the molecule is Cc1ccc(SC(=O)c2ccccn2)cc1. The molecular formula is C13H11NOS. The summed E-state index contributed by atoms with van der Waals surface area (Å²) >= 11 is 1.20. The van der Waals surface area contributed by atoms with Gasteiger partial charge in [0.15, 0.2) is 0 Å². The monoisotopic (exact) mass is 229 g/mol. The average molecular weight is 229 g/mol. The molecule has 0 bridgehead atoms. The maximum Gasteiger partial charge on any atom is 0.242 e. The van der Waals surface area contributed by atoms with Gasteiger partial charge in [0.05, 0.1) is 0 Å². The summed E-state index contributed by atoms with van der Waals surface area (Å²) in [4.78, 5) is 16.8. The molecule has 1 heterocycles. The third kappa shape index (κ3) is 2.70. The van der Waals surface area contributed by atoms with Crippen molar-refractivity contribution in [1.82, 2.24) is 4.98 Å². The minimum atomic E-state index is -0.0237. The lowest BCUT2D eigenvalue weighted by Crippen LogP contribution is -1.95. The van der Waals surface area contributed by atoms with Crippen molar-refractivity contribution >= 4 is 16.9 Å². The zero-order chi connectivity index (χ0) is 11.4. The Balaban J connectivity index is 2.11. The Kier molecular flexibility index (Phi) is 3.37. The van der Waals surface area contributed by atoms with Gasteiger partial charge in [0.25, 0.3) is 0 Å². The zero-order valence-corrected chi connectivity index (χ0v) is 9.70. The van der Waals surface area contributed by atoms with Crippen molar-refractivity contribution < 1.29 is 4.79 Å². The Morgan fingerprint density at radius 2 is 1.88 bits per heavy atom. The minimum absolute atomic E-state index is 0.0237. The van der Waals surface area contributed by atoms with Crippen LogP contribution in [0.5, 0.6) is 0 Å². The molecule has 0 amide bonds. The van der Waals surface area contributed by atoms with E-state index in [0.29, 0.717) is 5.69 Å². The van der Waals surface area contributed by atoms with Gasteiger partial charge in [0, 0.05) is 11.1 Å². The normalized spacial score (nSPS) is 10.1. The van der Waals surface area contributed by atoms with Crippen LogP contribution in [-0.4, -0.2) is 10.1 Å². The molecule has 3 heteroatoms. The first-order chi connectivity index (χ1) is 7.75. The van der Waals surface area contributed by atoms with Crippen molar-refractivity contribution in [3.05, 3.63) is 59.9 Å². The van der Waals surface area contributed by atoms with Crippen molar-refractivity contribution in [3.63, 3.8) is 0 Å². The highest BCUT2D eigenvalue weighted by Crippen LogP contribution is 2.21. The lowest BCUT2D eigenvalue weighted by molar-refractivity contribution is 0.108. The second kappa shape index (κ2) is 4.94. The summed E-state index contributed by atoms with van der Waals surface area (Å²) in [7, 11) is 0. The molecule has 0 spiro atoms. The summed E-state index contributed by atoms with van der Waals surface area (Å²) in [5, 5.41) is -0.0237. The van der Waals surface area contributed by atoms with Crippen LogP contribution < -0.4 is 0 Å². The number of aryl methyl sites for hydroxylation is 1. The van der Waals surface area contributed by atoms with E-state index in [9.17, 15) is 4.79 Å². The predicted molar refractivity (Wildman–Crippen MR) is 65.6 cm³/mol. The maximum absolute atomic E-state index is 11.8. The molecule has 0 aliphatic rings. The molecule has 80 valence electrons. The lowest BCUT2D eigenvalue weighted by atomic mass is 10.2. The number of aromatic nitrogens is 1. The Bertz CT molecular complexity index is 479. The van der Waals surface area contributed by atoms with Crippen molar-refractivity contribution in [2.24, 2.45) is 0 Å². The molecular weight excluding hydrogens is 218 g/mol. The number of hydrogen-bond donors (Lipinski definition) is 0. The summed E-state index contributed by atoms with van der Waals surface area (Å²) in [6.07, 6.45) is 1.63. The molecule has 0 unspecified atom stereocenters. The molecule has 0 radical (unpaired) electrons. The van der Waals surface area contributed by atoms with Gasteiger partial charge in [-0.2, -0.15) is 0 Å². The maximum atomic E-state index is 11.8. The quantitative estimate of drug-likeness (QED) is 0.740. The fraction of sp³-hybridized carbons (Fsp3) is 0.0769. The number of pyridine rings is 1. The number of carbonyl (C=O) groups is 1. The Morgan fingerprint density at radius 1 is 1.12 bits per heavy atom. The molecule has 1 aromatic heterocycles. The van der Waals surface area contributed by atoms with E-state index in [1.165, 1.54) is 17.3 Å². The van der Waals surface area contributed by atoms with Gasteiger partial charge in [-0.1, -0.05) is 23.8 Å². The van der Waals surface area contributed by atoms with E-state index in [1.807, 2.05) is 37.3 Å². The highest BCUT2D eigenvalue weighted by molar-refractivity contribution is 8.14. The molecule has 0 fully saturated rings. The van der Waals surface area contributed by atoms with Crippen LogP contribution in [0, 0.1) is 6.92 Å². The van der Waals surface area contributed by atoms with Gasteiger partial charge in [-0.3, -0.25) is 9.78 Å². The van der Waals surface area contributed by atoms with E-state index in [-0.39, 0.29) is 5.12 Å². The molecule has 2 aromatic rings. The lowest BCUT2D eigenvalue weighted by Gasteiger charge is -2.00. The summed E-state index contributed by atoms with van der Waals surface area (Å²) in [5.74, 6) is 0. The van der Waals surface area contributed by atoms with E-state index < -0.39 is 0 Å². The van der Waals surface area contributed by atoms with Crippen LogP contribution in [0.25, 0.3) is 0 Å². The molecule has 16 heavy (non-hydrogen) atoms. The molecule has 1 aromatic carbocycles. The predicted octanol–water partition coefficient (Wildman–Crippen LogP) is 3.32. The number of rotatable bonds is 2. The summed E-state index contributed by atoms with van der Waals surface area (Å²) in [6, 6.07) is 13.2. The Hall–Kier alpha value is -1.61. The standard InChI is InChI=1S/C13H11NOS/c1-10-5-7-11(8-6-10)16-13(15)12-4-2-3-9-14-12/h2-9H,1H3. The molecule has 0 atom stereocenters. The molecule has 0 N–H and O–H groups in total. The van der Waals surface area contributed by atoms with E-state index in [0.717, 1.165) is 4.90 Å². The van der Waals surface area contributed by atoms with E-state index in [2.05, 4.69) is 4.98 Å². The van der Waals surface area contributed by atoms with Crippen LogP contribution in [0.1, 0.15) is 16.1 Å². The topological polar surface area (TPSA) is 30.0 Å². The van der Waals surface area contributed by atoms with Crippen LogP contribution in [0.3, 0.4) is 0 Å². The highest BCUT2D eigenvalue weighted by atomic mass is 32.2. The van der Waals surface area contributed by atoms with E-state index in [1.54, 1.807) is 18.3 Å². The number of benzene rings is 1. The second-order valence-corrected chi connectivity index (χ2v) is 4.46. The molecule has 2 rings (SSSR count). The molecule has 0 saturated carbocycles.